The summed E-state index contributed by atoms with van der Waals surface area (Å²) < 4.78 is 55.3. The second-order valence-electron chi connectivity index (χ2n) is 7.51. The maximum Gasteiger partial charge on any atom is 0.406 e. The van der Waals surface area contributed by atoms with Crippen molar-refractivity contribution >= 4 is 11.0 Å². The van der Waals surface area contributed by atoms with E-state index in [1.165, 1.54) is 18.2 Å². The van der Waals surface area contributed by atoms with Gasteiger partial charge in [0.05, 0.1) is 11.0 Å². The van der Waals surface area contributed by atoms with Gasteiger partial charge in [-0.05, 0) is 47.7 Å². The first-order valence-electron chi connectivity index (χ1n) is 8.47. The first-order chi connectivity index (χ1) is 12.5. The van der Waals surface area contributed by atoms with Crippen molar-refractivity contribution in [1.29, 1.82) is 0 Å². The van der Waals surface area contributed by atoms with Crippen LogP contribution in [0.3, 0.4) is 0 Å². The van der Waals surface area contributed by atoms with E-state index in [2.05, 4.69) is 16.0 Å². The standard InChI is InChI=1S/C20H20F4N3/c1-18(2,13-6-5-7-14(21)10-13)12-19(25,20(22,23)24)11-17-26-15-8-3-4-9-16(15)27-17/h3-5,7-10H,11-12,25H2,1-2H3,(H,26,27). The van der Waals surface area contributed by atoms with Crippen molar-refractivity contribution in [3.63, 3.8) is 0 Å². The number of alkyl halides is 3. The summed E-state index contributed by atoms with van der Waals surface area (Å²) in [6.07, 6.45) is -5.62. The maximum atomic E-state index is 13.9. The van der Waals surface area contributed by atoms with Gasteiger partial charge >= 0.3 is 6.18 Å². The van der Waals surface area contributed by atoms with Gasteiger partial charge in [-0.25, -0.2) is 9.37 Å². The van der Waals surface area contributed by atoms with Gasteiger partial charge < -0.3 is 10.7 Å². The van der Waals surface area contributed by atoms with Crippen LogP contribution in [0, 0.1) is 11.9 Å². The minimum atomic E-state index is -4.67. The fraction of sp³-hybridized carbons (Fsp3) is 0.350. The number of hydrogen-bond acceptors (Lipinski definition) is 2. The lowest BCUT2D eigenvalue weighted by molar-refractivity contribution is -0.191. The Kier molecular flexibility index (Phi) is 4.76. The van der Waals surface area contributed by atoms with Crippen molar-refractivity contribution in [3.05, 3.63) is 65.7 Å². The van der Waals surface area contributed by atoms with Crippen molar-refractivity contribution in [2.75, 3.05) is 0 Å². The molecule has 1 heterocycles. The number of hydrogen-bond donors (Lipinski definition) is 2. The number of benzene rings is 2. The Labute approximate surface area is 154 Å². The van der Waals surface area contributed by atoms with Crippen molar-refractivity contribution in [2.45, 2.75) is 43.8 Å². The highest BCUT2D eigenvalue weighted by Crippen LogP contribution is 2.41. The molecule has 1 aromatic heterocycles. The van der Waals surface area contributed by atoms with Crippen LogP contribution in [0.25, 0.3) is 11.0 Å². The highest BCUT2D eigenvalue weighted by molar-refractivity contribution is 5.74. The fourth-order valence-corrected chi connectivity index (χ4v) is 3.36. The van der Waals surface area contributed by atoms with Gasteiger partial charge in [-0.3, -0.25) is 0 Å². The highest BCUT2D eigenvalue weighted by Gasteiger charge is 2.54. The molecule has 0 saturated carbocycles. The Balaban J connectivity index is 1.94. The Morgan fingerprint density at radius 3 is 2.48 bits per heavy atom. The Bertz CT molecular complexity index is 913. The smallest absolute Gasteiger partial charge is 0.342 e. The number of halogens is 4. The van der Waals surface area contributed by atoms with Gasteiger partial charge in [0, 0.05) is 6.42 Å². The summed E-state index contributed by atoms with van der Waals surface area (Å²) in [6, 6.07) is 13.6. The van der Waals surface area contributed by atoms with Crippen molar-refractivity contribution in [2.24, 2.45) is 5.73 Å². The molecule has 1 radical (unpaired) electrons. The number of fused-ring (bicyclic) bond motifs is 1. The van der Waals surface area contributed by atoms with Gasteiger partial charge in [0.15, 0.2) is 0 Å². The third kappa shape index (κ3) is 3.98. The van der Waals surface area contributed by atoms with Crippen LogP contribution in [-0.4, -0.2) is 21.7 Å². The van der Waals surface area contributed by atoms with E-state index in [0.29, 0.717) is 16.6 Å². The van der Waals surface area contributed by atoms with Crippen LogP contribution in [0.5, 0.6) is 0 Å². The van der Waals surface area contributed by atoms with E-state index in [-0.39, 0.29) is 5.82 Å². The number of imidazole rings is 1. The van der Waals surface area contributed by atoms with Crippen molar-refractivity contribution in [1.82, 2.24) is 9.97 Å². The molecular weight excluding hydrogens is 358 g/mol. The van der Waals surface area contributed by atoms with Crippen molar-refractivity contribution in [3.8, 4) is 0 Å². The van der Waals surface area contributed by atoms with E-state index in [1.54, 1.807) is 38.1 Å². The summed E-state index contributed by atoms with van der Waals surface area (Å²) in [4.78, 5) is 7.12. The van der Waals surface area contributed by atoms with Crippen LogP contribution in [0.2, 0.25) is 0 Å². The number of para-hydroxylation sites is 2. The van der Waals surface area contributed by atoms with E-state index in [1.807, 2.05) is 0 Å². The van der Waals surface area contributed by atoms with Crippen LogP contribution in [0.4, 0.5) is 17.6 Å². The summed E-state index contributed by atoms with van der Waals surface area (Å²) in [6.45, 7) is 3.20. The van der Waals surface area contributed by atoms with Crippen molar-refractivity contribution < 1.29 is 17.6 Å². The van der Waals surface area contributed by atoms with Crippen LogP contribution in [0.15, 0.2) is 42.5 Å². The van der Waals surface area contributed by atoms with Gasteiger partial charge in [0.25, 0.3) is 0 Å². The number of rotatable bonds is 5. The zero-order valence-corrected chi connectivity index (χ0v) is 15.0. The number of nitrogens with zero attached hydrogens (tertiary/aromatic N) is 1. The quantitative estimate of drug-likeness (QED) is 0.634. The summed E-state index contributed by atoms with van der Waals surface area (Å²) >= 11 is 0. The zero-order chi connectivity index (χ0) is 19.9. The SMILES string of the molecule is CC(C)(CC(N)(Cc1nc2ccccc2[nH]1)C(F)(F)F)c1[c]ccc(F)c1. The van der Waals surface area contributed by atoms with E-state index in [9.17, 15) is 17.6 Å². The molecule has 0 amide bonds. The Hall–Kier alpha value is -2.41. The molecule has 3 nitrogen and oxygen atoms in total. The summed E-state index contributed by atoms with van der Waals surface area (Å²) in [5.41, 5.74) is 3.88. The molecule has 0 fully saturated rings. The molecule has 3 N–H and O–H groups in total. The zero-order valence-electron chi connectivity index (χ0n) is 15.0. The number of H-pyrrole nitrogens is 1. The average molecular weight is 378 g/mol. The molecule has 0 aliphatic rings. The van der Waals surface area contributed by atoms with Crippen LogP contribution in [-0.2, 0) is 11.8 Å². The Morgan fingerprint density at radius 2 is 1.85 bits per heavy atom. The second kappa shape index (κ2) is 6.64. The molecule has 27 heavy (non-hydrogen) atoms. The third-order valence-electron chi connectivity index (χ3n) is 4.74. The molecule has 7 heteroatoms. The predicted octanol–water partition coefficient (Wildman–Crippen LogP) is 4.67. The summed E-state index contributed by atoms with van der Waals surface area (Å²) in [7, 11) is 0. The summed E-state index contributed by atoms with van der Waals surface area (Å²) in [5.74, 6) is -0.362. The van der Waals surface area contributed by atoms with Crippen LogP contribution >= 0.6 is 0 Å². The van der Waals surface area contributed by atoms with Gasteiger partial charge in [-0.15, -0.1) is 0 Å². The molecule has 0 spiro atoms. The summed E-state index contributed by atoms with van der Waals surface area (Å²) in [5, 5.41) is 0. The molecule has 0 bridgehead atoms. The molecule has 2 aromatic carbocycles. The molecule has 1 atom stereocenters. The lowest BCUT2D eigenvalue weighted by Gasteiger charge is -2.38. The number of aromatic nitrogens is 2. The van der Waals surface area contributed by atoms with Crippen LogP contribution < -0.4 is 5.73 Å². The monoisotopic (exact) mass is 378 g/mol. The lowest BCUT2D eigenvalue weighted by atomic mass is 9.72. The number of nitrogens with two attached hydrogens (primary N) is 1. The molecule has 0 aliphatic heterocycles. The number of aromatic amines is 1. The second-order valence-corrected chi connectivity index (χ2v) is 7.51. The predicted molar refractivity (Wildman–Crippen MR) is 95.7 cm³/mol. The average Bonchev–Trinajstić information content (AvgIpc) is 2.95. The van der Waals surface area contributed by atoms with E-state index >= 15 is 0 Å². The fourth-order valence-electron chi connectivity index (χ4n) is 3.36. The molecule has 0 saturated heterocycles. The minimum Gasteiger partial charge on any atom is -0.342 e. The normalized spacial score (nSPS) is 15.1. The third-order valence-corrected chi connectivity index (χ3v) is 4.74. The molecule has 1 unspecified atom stereocenters. The van der Waals surface area contributed by atoms with Gasteiger partial charge in [-0.1, -0.05) is 32.0 Å². The van der Waals surface area contributed by atoms with Gasteiger partial charge in [-0.2, -0.15) is 13.2 Å². The molecule has 3 rings (SSSR count). The topological polar surface area (TPSA) is 54.7 Å². The highest BCUT2D eigenvalue weighted by atomic mass is 19.4. The maximum absolute atomic E-state index is 13.9. The first-order valence-corrected chi connectivity index (χ1v) is 8.47. The minimum absolute atomic E-state index is 0.162. The number of nitrogens with one attached hydrogen (secondary N) is 1. The Morgan fingerprint density at radius 1 is 1.15 bits per heavy atom. The van der Waals surface area contributed by atoms with Gasteiger partial charge in [0.2, 0.25) is 0 Å². The van der Waals surface area contributed by atoms with E-state index < -0.39 is 35.8 Å². The lowest BCUT2D eigenvalue weighted by Crippen LogP contribution is -2.58. The molecule has 143 valence electrons. The van der Waals surface area contributed by atoms with E-state index in [4.69, 9.17) is 5.73 Å². The molecule has 3 aromatic rings. The molecule has 0 aliphatic carbocycles. The first kappa shape index (κ1) is 19.4. The van der Waals surface area contributed by atoms with Crippen LogP contribution in [0.1, 0.15) is 31.7 Å². The van der Waals surface area contributed by atoms with E-state index in [0.717, 1.165) is 0 Å². The molecular formula is C20H20F4N3. The van der Waals surface area contributed by atoms with Gasteiger partial charge in [0.1, 0.15) is 17.2 Å². The largest absolute Gasteiger partial charge is 0.406 e.